The van der Waals surface area contributed by atoms with E-state index in [1.54, 1.807) is 7.11 Å². The number of aliphatic hydroxyl groups excluding tert-OH is 1. The number of hydrogen-bond donors (Lipinski definition) is 1. The summed E-state index contributed by atoms with van der Waals surface area (Å²) >= 11 is 0. The molecule has 28 heavy (non-hydrogen) atoms. The highest BCUT2D eigenvalue weighted by molar-refractivity contribution is 5.95. The zero-order valence-corrected chi connectivity index (χ0v) is 16.8. The van der Waals surface area contributed by atoms with Crippen LogP contribution in [-0.4, -0.2) is 74.4 Å². The Morgan fingerprint density at radius 2 is 1.82 bits per heavy atom. The van der Waals surface area contributed by atoms with Crippen LogP contribution in [0.15, 0.2) is 54.6 Å². The van der Waals surface area contributed by atoms with E-state index in [-0.39, 0.29) is 24.3 Å². The van der Waals surface area contributed by atoms with Crippen molar-refractivity contribution in [2.75, 3.05) is 53.6 Å². The van der Waals surface area contributed by atoms with Gasteiger partial charge in [0.1, 0.15) is 0 Å². The van der Waals surface area contributed by atoms with Crippen LogP contribution in [0.4, 0.5) is 0 Å². The Balaban J connectivity index is 1.69. The molecule has 0 bridgehead atoms. The van der Waals surface area contributed by atoms with Crippen LogP contribution in [-0.2, 0) is 4.74 Å². The largest absolute Gasteiger partial charge is 0.396 e. The van der Waals surface area contributed by atoms with Crippen molar-refractivity contribution in [3.05, 3.63) is 60.2 Å². The fraction of sp³-hybridized carbons (Fsp3) is 0.435. The molecule has 2 atom stereocenters. The number of ether oxygens (including phenoxy) is 1. The van der Waals surface area contributed by atoms with Gasteiger partial charge >= 0.3 is 0 Å². The SMILES string of the molecule is COCCN(C)CC1CN(C(=O)c2cccc(-c3ccccc3)c2)CC1CO. The fourth-order valence-electron chi connectivity index (χ4n) is 3.90. The van der Waals surface area contributed by atoms with E-state index in [2.05, 4.69) is 11.9 Å². The number of likely N-dealkylation sites (N-methyl/N-ethyl adjacent to an activating group) is 1. The number of methoxy groups -OCH3 is 1. The minimum atomic E-state index is 0.0401. The molecule has 5 heteroatoms. The van der Waals surface area contributed by atoms with Gasteiger partial charge in [-0.2, -0.15) is 0 Å². The molecule has 0 aromatic heterocycles. The summed E-state index contributed by atoms with van der Waals surface area (Å²) in [4.78, 5) is 17.2. The quantitative estimate of drug-likeness (QED) is 0.763. The van der Waals surface area contributed by atoms with Crippen molar-refractivity contribution in [1.82, 2.24) is 9.80 Å². The molecule has 5 nitrogen and oxygen atoms in total. The third-order valence-electron chi connectivity index (χ3n) is 5.54. The van der Waals surface area contributed by atoms with Crippen molar-refractivity contribution in [3.63, 3.8) is 0 Å². The molecule has 0 spiro atoms. The van der Waals surface area contributed by atoms with E-state index in [0.29, 0.717) is 25.3 Å². The molecule has 0 aliphatic carbocycles. The first-order valence-electron chi connectivity index (χ1n) is 9.85. The maximum Gasteiger partial charge on any atom is 0.253 e. The normalized spacial score (nSPS) is 19.4. The van der Waals surface area contributed by atoms with E-state index in [4.69, 9.17) is 4.74 Å². The Kier molecular flexibility index (Phi) is 7.20. The first kappa shape index (κ1) is 20.5. The number of amides is 1. The van der Waals surface area contributed by atoms with E-state index < -0.39 is 0 Å². The molecular formula is C23H30N2O3. The molecule has 150 valence electrons. The van der Waals surface area contributed by atoms with Crippen LogP contribution < -0.4 is 0 Å². The summed E-state index contributed by atoms with van der Waals surface area (Å²) < 4.78 is 5.14. The van der Waals surface area contributed by atoms with Gasteiger partial charge in [0.2, 0.25) is 0 Å². The minimum absolute atomic E-state index is 0.0401. The molecule has 2 unspecified atom stereocenters. The molecule has 1 heterocycles. The van der Waals surface area contributed by atoms with Crippen molar-refractivity contribution >= 4 is 5.91 Å². The molecule has 3 rings (SSSR count). The lowest BCUT2D eigenvalue weighted by Gasteiger charge is -2.23. The van der Waals surface area contributed by atoms with Crippen LogP contribution >= 0.6 is 0 Å². The average Bonchev–Trinajstić information content (AvgIpc) is 3.15. The van der Waals surface area contributed by atoms with Crippen molar-refractivity contribution in [3.8, 4) is 11.1 Å². The van der Waals surface area contributed by atoms with Gasteiger partial charge in [-0.25, -0.2) is 0 Å². The van der Waals surface area contributed by atoms with Gasteiger partial charge in [0.25, 0.3) is 5.91 Å². The average molecular weight is 383 g/mol. The van der Waals surface area contributed by atoms with Gasteiger partial charge in [0.05, 0.1) is 6.61 Å². The van der Waals surface area contributed by atoms with Crippen LogP contribution in [0.1, 0.15) is 10.4 Å². The second kappa shape index (κ2) is 9.82. The molecule has 1 saturated heterocycles. The van der Waals surface area contributed by atoms with Gasteiger partial charge < -0.3 is 19.6 Å². The third-order valence-corrected chi connectivity index (χ3v) is 5.54. The lowest BCUT2D eigenvalue weighted by Crippen LogP contribution is -2.33. The Bertz CT molecular complexity index is 765. The Morgan fingerprint density at radius 1 is 1.11 bits per heavy atom. The van der Waals surface area contributed by atoms with Gasteiger partial charge in [-0.15, -0.1) is 0 Å². The number of rotatable bonds is 8. The number of hydrogen-bond acceptors (Lipinski definition) is 4. The van der Waals surface area contributed by atoms with E-state index >= 15 is 0 Å². The van der Waals surface area contributed by atoms with Crippen molar-refractivity contribution in [2.45, 2.75) is 0 Å². The third kappa shape index (κ3) is 4.98. The number of carbonyl (C=O) groups excluding carboxylic acids is 1. The maximum absolute atomic E-state index is 13.1. The van der Waals surface area contributed by atoms with E-state index in [0.717, 1.165) is 24.2 Å². The second-order valence-corrected chi connectivity index (χ2v) is 7.61. The van der Waals surface area contributed by atoms with Gasteiger partial charge in [-0.1, -0.05) is 42.5 Å². The van der Waals surface area contributed by atoms with Gasteiger partial charge in [-0.3, -0.25) is 4.79 Å². The number of likely N-dealkylation sites (tertiary alicyclic amines) is 1. The van der Waals surface area contributed by atoms with Gasteiger partial charge in [0, 0.05) is 51.4 Å². The molecule has 2 aromatic rings. The zero-order chi connectivity index (χ0) is 19.9. The van der Waals surface area contributed by atoms with Crippen LogP contribution in [0.25, 0.3) is 11.1 Å². The van der Waals surface area contributed by atoms with Crippen molar-refractivity contribution in [1.29, 1.82) is 0 Å². The molecule has 0 saturated carbocycles. The predicted octanol–water partition coefficient (Wildman–Crippen LogP) is 2.61. The number of carbonyl (C=O) groups is 1. The molecule has 1 amide bonds. The highest BCUT2D eigenvalue weighted by atomic mass is 16.5. The predicted molar refractivity (Wildman–Crippen MR) is 111 cm³/mol. The first-order chi connectivity index (χ1) is 13.6. The lowest BCUT2D eigenvalue weighted by molar-refractivity contribution is 0.0778. The highest BCUT2D eigenvalue weighted by Gasteiger charge is 2.35. The van der Waals surface area contributed by atoms with E-state index in [9.17, 15) is 9.90 Å². The van der Waals surface area contributed by atoms with Crippen LogP contribution in [0.3, 0.4) is 0 Å². The molecule has 2 aromatic carbocycles. The number of nitrogens with zero attached hydrogens (tertiary/aromatic N) is 2. The monoisotopic (exact) mass is 382 g/mol. The Labute approximate surface area is 167 Å². The van der Waals surface area contributed by atoms with E-state index in [1.807, 2.05) is 59.5 Å². The summed E-state index contributed by atoms with van der Waals surface area (Å²) in [5.41, 5.74) is 2.84. The Hall–Kier alpha value is -2.21. The van der Waals surface area contributed by atoms with Crippen molar-refractivity contribution < 1.29 is 14.6 Å². The molecule has 1 fully saturated rings. The summed E-state index contributed by atoms with van der Waals surface area (Å²) in [6.45, 7) is 3.77. The summed E-state index contributed by atoms with van der Waals surface area (Å²) in [6.07, 6.45) is 0. The highest BCUT2D eigenvalue weighted by Crippen LogP contribution is 2.27. The summed E-state index contributed by atoms with van der Waals surface area (Å²) in [5, 5.41) is 9.81. The summed E-state index contributed by atoms with van der Waals surface area (Å²) in [7, 11) is 3.76. The summed E-state index contributed by atoms with van der Waals surface area (Å²) in [5.74, 6) is 0.428. The maximum atomic E-state index is 13.1. The number of benzene rings is 2. The topological polar surface area (TPSA) is 53.0 Å². The molecule has 1 aliphatic rings. The van der Waals surface area contributed by atoms with E-state index in [1.165, 1.54) is 0 Å². The smallest absolute Gasteiger partial charge is 0.253 e. The number of aliphatic hydroxyl groups is 1. The molecule has 1 aliphatic heterocycles. The fourth-order valence-corrected chi connectivity index (χ4v) is 3.90. The van der Waals surface area contributed by atoms with Crippen LogP contribution in [0.2, 0.25) is 0 Å². The standard InChI is InChI=1S/C23H30N2O3/c1-24(11-12-28-2)14-21-15-25(16-22(21)17-26)23(27)20-10-6-9-19(13-20)18-7-4-3-5-8-18/h3-10,13,21-22,26H,11-12,14-17H2,1-2H3. The first-order valence-corrected chi connectivity index (χ1v) is 9.85. The van der Waals surface area contributed by atoms with Crippen LogP contribution in [0.5, 0.6) is 0 Å². The zero-order valence-electron chi connectivity index (χ0n) is 16.8. The Morgan fingerprint density at radius 3 is 2.54 bits per heavy atom. The molecule has 1 N–H and O–H groups in total. The van der Waals surface area contributed by atoms with Crippen molar-refractivity contribution in [2.24, 2.45) is 11.8 Å². The second-order valence-electron chi connectivity index (χ2n) is 7.61. The minimum Gasteiger partial charge on any atom is -0.396 e. The lowest BCUT2D eigenvalue weighted by atomic mass is 9.96. The van der Waals surface area contributed by atoms with Gasteiger partial charge in [0.15, 0.2) is 0 Å². The molecular weight excluding hydrogens is 352 g/mol. The summed E-state index contributed by atoms with van der Waals surface area (Å²) in [6, 6.07) is 17.9. The molecule has 0 radical (unpaired) electrons. The van der Waals surface area contributed by atoms with Gasteiger partial charge in [-0.05, 0) is 36.2 Å². The van der Waals surface area contributed by atoms with Crippen LogP contribution in [0, 0.1) is 11.8 Å².